The summed E-state index contributed by atoms with van der Waals surface area (Å²) >= 11 is 9.88. The average Bonchev–Trinajstić information content (AvgIpc) is 3.10. The molecule has 1 aliphatic heterocycles. The van der Waals surface area contributed by atoms with E-state index >= 15 is 0 Å². The van der Waals surface area contributed by atoms with Crippen molar-refractivity contribution in [2.75, 3.05) is 6.61 Å². The first kappa shape index (κ1) is 27.2. The van der Waals surface area contributed by atoms with Crippen molar-refractivity contribution in [3.8, 4) is 11.5 Å². The van der Waals surface area contributed by atoms with E-state index < -0.39 is 27.1 Å². The molecule has 1 heterocycles. The van der Waals surface area contributed by atoms with E-state index in [2.05, 4.69) is 15.9 Å². The minimum atomic E-state index is -4.21. The van der Waals surface area contributed by atoms with Crippen molar-refractivity contribution < 1.29 is 31.3 Å². The predicted molar refractivity (Wildman–Crippen MR) is 142 cm³/mol. The fourth-order valence-corrected chi connectivity index (χ4v) is 5.93. The highest BCUT2D eigenvalue weighted by Crippen LogP contribution is 2.41. The van der Waals surface area contributed by atoms with Gasteiger partial charge in [0.25, 0.3) is 11.1 Å². The van der Waals surface area contributed by atoms with E-state index in [1.165, 1.54) is 60.7 Å². The average molecular weight is 627 g/mol. The van der Waals surface area contributed by atoms with E-state index in [1.54, 1.807) is 13.0 Å². The molecule has 3 aromatic carbocycles. The molecule has 1 aliphatic rings. The number of nitrogens with zero attached hydrogens (tertiary/aromatic N) is 1. The number of ether oxygens (including phenoxy) is 1. The Hall–Kier alpha value is -2.86. The zero-order valence-corrected chi connectivity index (χ0v) is 23.1. The Kier molecular flexibility index (Phi) is 8.27. The molecule has 0 unspecified atom stereocenters. The lowest BCUT2D eigenvalue weighted by Crippen LogP contribution is -2.27. The van der Waals surface area contributed by atoms with E-state index in [9.17, 15) is 22.4 Å². The lowest BCUT2D eigenvalue weighted by Gasteiger charge is -2.15. The molecule has 0 aromatic heterocycles. The summed E-state index contributed by atoms with van der Waals surface area (Å²) in [5.41, 5.74) is 0.666. The molecule has 0 aliphatic carbocycles. The zero-order valence-electron chi connectivity index (χ0n) is 19.1. The van der Waals surface area contributed by atoms with Gasteiger partial charge in [0.2, 0.25) is 0 Å². The molecule has 0 N–H and O–H groups in total. The van der Waals surface area contributed by atoms with Gasteiger partial charge in [0.05, 0.1) is 22.5 Å². The van der Waals surface area contributed by atoms with Crippen molar-refractivity contribution in [3.05, 3.63) is 92.0 Å². The second-order valence-corrected chi connectivity index (χ2v) is 11.4. The van der Waals surface area contributed by atoms with Crippen LogP contribution < -0.4 is 8.92 Å². The fourth-order valence-electron chi connectivity index (χ4n) is 3.36. The second-order valence-electron chi connectivity index (χ2n) is 7.61. The molecule has 192 valence electrons. The minimum absolute atomic E-state index is 0.0818. The first-order chi connectivity index (χ1) is 17.6. The quantitative estimate of drug-likeness (QED) is 0.204. The summed E-state index contributed by atoms with van der Waals surface area (Å²) in [5.74, 6) is -1.06. The molecule has 0 atom stereocenters. The Labute approximate surface area is 230 Å². The van der Waals surface area contributed by atoms with Crippen LogP contribution in [0.5, 0.6) is 11.5 Å². The molecule has 1 fully saturated rings. The van der Waals surface area contributed by atoms with Gasteiger partial charge in [-0.1, -0.05) is 29.8 Å². The van der Waals surface area contributed by atoms with Crippen molar-refractivity contribution in [1.29, 1.82) is 0 Å². The van der Waals surface area contributed by atoms with Gasteiger partial charge in [0.15, 0.2) is 11.5 Å². The Morgan fingerprint density at radius 2 is 1.81 bits per heavy atom. The number of rotatable bonds is 8. The first-order valence-electron chi connectivity index (χ1n) is 10.7. The maximum absolute atomic E-state index is 14.0. The third kappa shape index (κ3) is 6.18. The van der Waals surface area contributed by atoms with Crippen LogP contribution in [0.4, 0.5) is 9.18 Å². The molecule has 12 heteroatoms. The van der Waals surface area contributed by atoms with Gasteiger partial charge >= 0.3 is 10.1 Å². The molecule has 1 saturated heterocycles. The van der Waals surface area contributed by atoms with Gasteiger partial charge in [-0.3, -0.25) is 14.5 Å². The largest absolute Gasteiger partial charge is 0.490 e. The smallest absolute Gasteiger partial charge is 0.339 e. The van der Waals surface area contributed by atoms with Crippen LogP contribution in [0.3, 0.4) is 0 Å². The van der Waals surface area contributed by atoms with Crippen molar-refractivity contribution in [3.63, 3.8) is 0 Å². The molecule has 0 spiro atoms. The van der Waals surface area contributed by atoms with E-state index in [1.807, 2.05) is 0 Å². The van der Waals surface area contributed by atoms with Crippen LogP contribution in [0.25, 0.3) is 6.08 Å². The summed E-state index contributed by atoms with van der Waals surface area (Å²) in [7, 11) is -4.21. The standard InChI is InChI=1S/C25H18BrClFNO6S2/c1-2-34-21-12-15(11-19(26)23(21)35-37(32,33)18-9-7-17(27)8-10-18)13-22-24(30)29(25(31)36-22)14-16-5-3-4-6-20(16)28/h3-13H,2,14H2,1H3/b22-13-. The zero-order chi connectivity index (χ0) is 26.7. The highest BCUT2D eigenvalue weighted by Gasteiger charge is 2.35. The number of hydrogen-bond acceptors (Lipinski definition) is 7. The molecule has 0 bridgehead atoms. The Balaban J connectivity index is 1.62. The topological polar surface area (TPSA) is 90.0 Å². The van der Waals surface area contributed by atoms with Crippen molar-refractivity contribution in [1.82, 2.24) is 4.90 Å². The van der Waals surface area contributed by atoms with E-state index in [0.29, 0.717) is 10.6 Å². The molecule has 4 rings (SSSR count). The number of carbonyl (C=O) groups is 2. The summed E-state index contributed by atoms with van der Waals surface area (Å²) in [6, 6.07) is 14.4. The number of imide groups is 1. The van der Waals surface area contributed by atoms with Crippen molar-refractivity contribution in [2.45, 2.75) is 18.4 Å². The highest BCUT2D eigenvalue weighted by atomic mass is 79.9. The third-order valence-corrected chi connectivity index (χ3v) is 8.07. The van der Waals surface area contributed by atoms with Crippen LogP contribution in [0.1, 0.15) is 18.1 Å². The SMILES string of the molecule is CCOc1cc(/C=C2\SC(=O)N(Cc3ccccc3F)C2=O)cc(Br)c1OS(=O)(=O)c1ccc(Cl)cc1. The van der Waals surface area contributed by atoms with Crippen LogP contribution in [-0.4, -0.2) is 31.1 Å². The van der Waals surface area contributed by atoms with Crippen LogP contribution in [0.2, 0.25) is 5.02 Å². The summed E-state index contributed by atoms with van der Waals surface area (Å²) in [6.45, 7) is 1.72. The minimum Gasteiger partial charge on any atom is -0.490 e. The van der Waals surface area contributed by atoms with Gasteiger partial charge in [0.1, 0.15) is 10.7 Å². The van der Waals surface area contributed by atoms with Gasteiger partial charge in [-0.25, -0.2) is 4.39 Å². The molecule has 2 amide bonds. The van der Waals surface area contributed by atoms with E-state index in [4.69, 9.17) is 20.5 Å². The number of hydrogen-bond donors (Lipinski definition) is 0. The second kappa shape index (κ2) is 11.3. The van der Waals surface area contributed by atoms with Crippen molar-refractivity contribution in [2.24, 2.45) is 0 Å². The number of halogens is 3. The monoisotopic (exact) mass is 625 g/mol. The van der Waals surface area contributed by atoms with Crippen LogP contribution in [0.15, 0.2) is 74.9 Å². The Bertz CT molecular complexity index is 1510. The number of amides is 2. The summed E-state index contributed by atoms with van der Waals surface area (Å²) in [6.07, 6.45) is 1.47. The molecular formula is C25H18BrClFNO6S2. The Morgan fingerprint density at radius 1 is 1.11 bits per heavy atom. The van der Waals surface area contributed by atoms with Gasteiger partial charge in [-0.05, 0) is 88.7 Å². The highest BCUT2D eigenvalue weighted by molar-refractivity contribution is 9.10. The predicted octanol–water partition coefficient (Wildman–Crippen LogP) is 6.64. The number of thioether (sulfide) groups is 1. The van der Waals surface area contributed by atoms with E-state index in [0.717, 1.165) is 16.7 Å². The van der Waals surface area contributed by atoms with Crippen LogP contribution in [-0.2, 0) is 21.5 Å². The van der Waals surface area contributed by atoms with E-state index in [-0.39, 0.29) is 44.5 Å². The lowest BCUT2D eigenvalue weighted by atomic mass is 10.1. The fraction of sp³-hybridized carbons (Fsp3) is 0.120. The lowest BCUT2D eigenvalue weighted by molar-refractivity contribution is -0.123. The van der Waals surface area contributed by atoms with Crippen LogP contribution >= 0.6 is 39.3 Å². The number of benzene rings is 3. The first-order valence-corrected chi connectivity index (χ1v) is 14.1. The molecule has 7 nitrogen and oxygen atoms in total. The molecular weight excluding hydrogens is 609 g/mol. The van der Waals surface area contributed by atoms with Gasteiger partial charge < -0.3 is 8.92 Å². The van der Waals surface area contributed by atoms with Gasteiger partial charge in [-0.15, -0.1) is 0 Å². The molecule has 3 aromatic rings. The summed E-state index contributed by atoms with van der Waals surface area (Å²) in [5, 5.41) is -0.157. The van der Waals surface area contributed by atoms with Gasteiger partial charge in [-0.2, -0.15) is 8.42 Å². The molecule has 0 saturated carbocycles. The van der Waals surface area contributed by atoms with Crippen molar-refractivity contribution >= 4 is 66.6 Å². The maximum Gasteiger partial charge on any atom is 0.339 e. The third-order valence-electron chi connectivity index (χ3n) is 5.08. The summed E-state index contributed by atoms with van der Waals surface area (Å²) < 4.78 is 50.9. The maximum atomic E-state index is 14.0. The number of carbonyl (C=O) groups excluding carboxylic acids is 2. The Morgan fingerprint density at radius 3 is 2.49 bits per heavy atom. The molecule has 37 heavy (non-hydrogen) atoms. The normalized spacial score (nSPS) is 14.9. The molecule has 0 radical (unpaired) electrons. The summed E-state index contributed by atoms with van der Waals surface area (Å²) in [4.78, 5) is 26.4. The van der Waals surface area contributed by atoms with Gasteiger partial charge in [0, 0.05) is 10.6 Å². The van der Waals surface area contributed by atoms with Crippen LogP contribution in [0, 0.1) is 5.82 Å².